The van der Waals surface area contributed by atoms with E-state index in [-0.39, 0.29) is 22.1 Å². The first-order valence-electron chi connectivity index (χ1n) is 8.86. The fraction of sp³-hybridized carbons (Fsp3) is 0.200. The number of amides is 3. The monoisotopic (exact) mass is 464 g/mol. The third kappa shape index (κ3) is 5.10. The molecule has 1 N–H and O–H groups in total. The molecule has 0 radical (unpaired) electrons. The summed E-state index contributed by atoms with van der Waals surface area (Å²) in [6.07, 6.45) is 1.64. The van der Waals surface area contributed by atoms with Crippen molar-refractivity contribution in [2.45, 2.75) is 13.8 Å². The maximum absolute atomic E-state index is 12.5. The predicted octanol–water partition coefficient (Wildman–Crippen LogP) is 4.56. The predicted molar refractivity (Wildman–Crippen MR) is 118 cm³/mol. The topological polar surface area (TPSA) is 92.8 Å². The number of aryl methyl sites for hydroxylation is 1. The van der Waals surface area contributed by atoms with Crippen molar-refractivity contribution in [3.05, 3.63) is 55.6 Å². The van der Waals surface area contributed by atoms with Gasteiger partial charge in [-0.1, -0.05) is 11.6 Å². The number of rotatable bonds is 6. The van der Waals surface area contributed by atoms with Crippen LogP contribution >= 0.6 is 34.7 Å². The van der Waals surface area contributed by atoms with Gasteiger partial charge >= 0.3 is 5.97 Å². The summed E-state index contributed by atoms with van der Waals surface area (Å²) in [6, 6.07) is 8.13. The van der Waals surface area contributed by atoms with Crippen molar-refractivity contribution in [1.82, 2.24) is 4.90 Å². The molecule has 1 aromatic carbocycles. The zero-order chi connectivity index (χ0) is 21.8. The second kappa shape index (κ2) is 9.46. The van der Waals surface area contributed by atoms with Gasteiger partial charge in [-0.25, -0.2) is 4.79 Å². The third-order valence-corrected chi connectivity index (χ3v) is 6.14. The van der Waals surface area contributed by atoms with E-state index in [9.17, 15) is 19.2 Å². The molecular weight excluding hydrogens is 448 g/mol. The first kappa shape index (κ1) is 22.1. The minimum Gasteiger partial charge on any atom is -0.462 e. The summed E-state index contributed by atoms with van der Waals surface area (Å²) in [6.45, 7) is 3.36. The molecule has 0 atom stereocenters. The van der Waals surface area contributed by atoms with Crippen LogP contribution < -0.4 is 5.32 Å². The molecule has 0 unspecified atom stereocenters. The van der Waals surface area contributed by atoms with Gasteiger partial charge in [-0.05, 0) is 62.0 Å². The minimum atomic E-state index is -0.613. The van der Waals surface area contributed by atoms with Crippen molar-refractivity contribution in [2.24, 2.45) is 0 Å². The fourth-order valence-corrected chi connectivity index (χ4v) is 4.53. The van der Waals surface area contributed by atoms with E-state index in [1.54, 1.807) is 13.0 Å². The molecular formula is C20H17ClN2O5S2. The standard InChI is InChI=1S/C20H17ClN2O5S2/c1-3-28-19(26)14-8-12(5-7-15(14)21)22-17(24)10-23-18(25)16(30-20(23)27)9-13-6-4-11(2)29-13/h4-9H,3,10H2,1-2H3,(H,22,24)/b16-9+. The van der Waals surface area contributed by atoms with Crippen molar-refractivity contribution < 1.29 is 23.9 Å². The quantitative estimate of drug-likeness (QED) is 0.497. The lowest BCUT2D eigenvalue weighted by atomic mass is 10.2. The molecule has 10 heteroatoms. The van der Waals surface area contributed by atoms with E-state index in [0.29, 0.717) is 5.69 Å². The van der Waals surface area contributed by atoms with Crippen LogP contribution in [0.4, 0.5) is 10.5 Å². The second-order valence-corrected chi connectivity index (χ2v) is 8.90. The molecule has 1 aliphatic heterocycles. The summed E-state index contributed by atoms with van der Waals surface area (Å²) >= 11 is 8.30. The van der Waals surface area contributed by atoms with Crippen LogP contribution in [-0.4, -0.2) is 41.1 Å². The van der Waals surface area contributed by atoms with E-state index in [2.05, 4.69) is 5.32 Å². The Morgan fingerprint density at radius 1 is 1.23 bits per heavy atom. The normalized spacial score (nSPS) is 15.0. The van der Waals surface area contributed by atoms with Gasteiger partial charge in [0.25, 0.3) is 11.1 Å². The Morgan fingerprint density at radius 3 is 2.67 bits per heavy atom. The Kier molecular flexibility index (Phi) is 6.96. The largest absolute Gasteiger partial charge is 0.462 e. The number of benzene rings is 1. The number of hydrogen-bond acceptors (Lipinski definition) is 7. The highest BCUT2D eigenvalue weighted by Gasteiger charge is 2.36. The molecule has 0 spiro atoms. The van der Waals surface area contributed by atoms with E-state index in [0.717, 1.165) is 26.4 Å². The van der Waals surface area contributed by atoms with Gasteiger partial charge in [0.2, 0.25) is 5.91 Å². The minimum absolute atomic E-state index is 0.108. The van der Waals surface area contributed by atoms with Crippen molar-refractivity contribution in [2.75, 3.05) is 18.5 Å². The number of halogens is 1. The van der Waals surface area contributed by atoms with Crippen molar-refractivity contribution in [1.29, 1.82) is 0 Å². The van der Waals surface area contributed by atoms with E-state index in [1.165, 1.54) is 29.5 Å². The summed E-state index contributed by atoms with van der Waals surface area (Å²) in [7, 11) is 0. The van der Waals surface area contributed by atoms with Gasteiger partial charge in [-0.3, -0.25) is 19.3 Å². The molecule has 3 rings (SSSR count). The number of carbonyl (C=O) groups excluding carboxylic acids is 4. The average Bonchev–Trinajstić information content (AvgIpc) is 3.21. The number of carbonyl (C=O) groups is 4. The number of hydrogen-bond donors (Lipinski definition) is 1. The van der Waals surface area contributed by atoms with E-state index >= 15 is 0 Å². The Labute approximate surface area is 186 Å². The van der Waals surface area contributed by atoms with Crippen LogP contribution in [0.2, 0.25) is 5.02 Å². The van der Waals surface area contributed by atoms with E-state index in [4.69, 9.17) is 16.3 Å². The van der Waals surface area contributed by atoms with Crippen LogP contribution in [0.1, 0.15) is 27.0 Å². The van der Waals surface area contributed by atoms with Crippen LogP contribution in [0, 0.1) is 6.92 Å². The summed E-state index contributed by atoms with van der Waals surface area (Å²) in [5.41, 5.74) is 0.403. The molecule has 0 saturated carbocycles. The highest BCUT2D eigenvalue weighted by atomic mass is 35.5. The fourth-order valence-electron chi connectivity index (χ4n) is 2.61. The summed E-state index contributed by atoms with van der Waals surface area (Å²) in [4.78, 5) is 52.2. The molecule has 3 amide bonds. The molecule has 1 fully saturated rings. The van der Waals surface area contributed by atoms with Crippen LogP contribution in [0.5, 0.6) is 0 Å². The molecule has 1 aromatic heterocycles. The zero-order valence-electron chi connectivity index (χ0n) is 16.1. The van der Waals surface area contributed by atoms with E-state index < -0.39 is 29.6 Å². The number of esters is 1. The second-order valence-electron chi connectivity index (χ2n) is 6.18. The van der Waals surface area contributed by atoms with Crippen LogP contribution in [-0.2, 0) is 14.3 Å². The third-order valence-electron chi connectivity index (χ3n) is 3.96. The summed E-state index contributed by atoms with van der Waals surface area (Å²) in [5, 5.41) is 2.23. The average molecular weight is 465 g/mol. The van der Waals surface area contributed by atoms with Gasteiger partial charge in [0.05, 0.1) is 22.1 Å². The van der Waals surface area contributed by atoms with Crippen LogP contribution in [0.3, 0.4) is 0 Å². The molecule has 0 bridgehead atoms. The summed E-state index contributed by atoms with van der Waals surface area (Å²) < 4.78 is 4.92. The number of thiophene rings is 1. The lowest BCUT2D eigenvalue weighted by Crippen LogP contribution is -2.36. The molecule has 1 saturated heterocycles. The van der Waals surface area contributed by atoms with Crippen molar-refractivity contribution in [3.8, 4) is 0 Å². The lowest BCUT2D eigenvalue weighted by molar-refractivity contribution is -0.127. The number of nitrogens with one attached hydrogen (secondary N) is 1. The van der Waals surface area contributed by atoms with Gasteiger partial charge < -0.3 is 10.1 Å². The van der Waals surface area contributed by atoms with Crippen molar-refractivity contribution in [3.63, 3.8) is 0 Å². The maximum Gasteiger partial charge on any atom is 0.339 e. The highest BCUT2D eigenvalue weighted by molar-refractivity contribution is 8.18. The molecule has 30 heavy (non-hydrogen) atoms. The molecule has 156 valence electrons. The van der Waals surface area contributed by atoms with Gasteiger partial charge in [0.15, 0.2) is 0 Å². The van der Waals surface area contributed by atoms with Gasteiger partial charge in [-0.15, -0.1) is 11.3 Å². The number of thioether (sulfide) groups is 1. The van der Waals surface area contributed by atoms with Gasteiger partial charge in [0.1, 0.15) is 6.54 Å². The Morgan fingerprint density at radius 2 is 2.00 bits per heavy atom. The lowest BCUT2D eigenvalue weighted by Gasteiger charge is -2.13. The molecule has 2 aromatic rings. The Bertz CT molecular complexity index is 1060. The van der Waals surface area contributed by atoms with Crippen molar-refractivity contribution >= 4 is 69.5 Å². The molecule has 2 heterocycles. The number of nitrogens with zero attached hydrogens (tertiary/aromatic N) is 1. The molecule has 1 aliphatic rings. The summed E-state index contributed by atoms with van der Waals surface area (Å²) in [5.74, 6) is -1.71. The SMILES string of the molecule is CCOC(=O)c1cc(NC(=O)CN2C(=O)S/C(=C/c3ccc(C)s3)C2=O)ccc1Cl. The number of ether oxygens (including phenoxy) is 1. The first-order chi connectivity index (χ1) is 14.3. The molecule has 0 aliphatic carbocycles. The van der Waals surface area contributed by atoms with Crippen LogP contribution in [0.15, 0.2) is 35.2 Å². The van der Waals surface area contributed by atoms with Gasteiger partial charge in [-0.2, -0.15) is 0 Å². The Hall–Kier alpha value is -2.62. The van der Waals surface area contributed by atoms with E-state index in [1.807, 2.05) is 19.1 Å². The smallest absolute Gasteiger partial charge is 0.339 e. The Balaban J connectivity index is 1.68. The number of anilines is 1. The number of imide groups is 1. The zero-order valence-corrected chi connectivity index (χ0v) is 18.5. The first-order valence-corrected chi connectivity index (χ1v) is 10.9. The van der Waals surface area contributed by atoms with Gasteiger partial charge in [0, 0.05) is 15.4 Å². The highest BCUT2D eigenvalue weighted by Crippen LogP contribution is 2.33. The molecule has 7 nitrogen and oxygen atoms in total. The maximum atomic E-state index is 12.5. The van der Waals surface area contributed by atoms with Crippen LogP contribution in [0.25, 0.3) is 6.08 Å².